The topological polar surface area (TPSA) is 12.0 Å². The van der Waals surface area contributed by atoms with E-state index in [4.69, 9.17) is 0 Å². The third-order valence-electron chi connectivity index (χ3n) is 2.73. The van der Waals surface area contributed by atoms with E-state index in [0.29, 0.717) is 0 Å². The fourth-order valence-corrected chi connectivity index (χ4v) is 1.86. The highest BCUT2D eigenvalue weighted by molar-refractivity contribution is 4.82. The summed E-state index contributed by atoms with van der Waals surface area (Å²) in [6.07, 6.45) is -10.2. The maximum absolute atomic E-state index is 12.3. The Hall–Kier alpha value is -0.460. The lowest BCUT2D eigenvalue weighted by molar-refractivity contribution is -0.184. The van der Waals surface area contributed by atoms with E-state index in [2.05, 4.69) is 5.32 Å². The minimum atomic E-state index is -4.30. The summed E-state index contributed by atoms with van der Waals surface area (Å²) >= 11 is 0. The van der Waals surface area contributed by atoms with Crippen molar-refractivity contribution in [1.29, 1.82) is 0 Å². The Morgan fingerprint density at radius 3 is 2.19 bits per heavy atom. The normalized spacial score (nSPS) is 28.1. The summed E-state index contributed by atoms with van der Waals surface area (Å²) in [6.45, 7) is 0.132. The van der Waals surface area contributed by atoms with Gasteiger partial charge in [0.2, 0.25) is 0 Å². The van der Waals surface area contributed by atoms with Crippen molar-refractivity contribution in [3.63, 3.8) is 0 Å². The highest BCUT2D eigenvalue weighted by Crippen LogP contribution is 2.35. The molecule has 0 aromatic carbocycles. The monoisotopic (exact) mass is 249 g/mol. The van der Waals surface area contributed by atoms with Gasteiger partial charge < -0.3 is 5.32 Å². The van der Waals surface area contributed by atoms with Crippen molar-refractivity contribution in [3.8, 4) is 0 Å². The number of halogens is 6. The van der Waals surface area contributed by atoms with E-state index in [1.165, 1.54) is 0 Å². The van der Waals surface area contributed by atoms with Crippen LogP contribution in [0.2, 0.25) is 0 Å². The van der Waals surface area contributed by atoms with Crippen LogP contribution in [0.1, 0.15) is 25.7 Å². The summed E-state index contributed by atoms with van der Waals surface area (Å²) in [5, 5.41) is 2.69. The molecule has 1 aliphatic heterocycles. The molecule has 2 atom stereocenters. The number of piperidine rings is 1. The fourth-order valence-electron chi connectivity index (χ4n) is 1.86. The maximum atomic E-state index is 12.3. The van der Waals surface area contributed by atoms with Crippen LogP contribution in [0.25, 0.3) is 0 Å². The van der Waals surface area contributed by atoms with Crippen LogP contribution in [0.15, 0.2) is 0 Å². The highest BCUT2D eigenvalue weighted by atomic mass is 19.4. The van der Waals surface area contributed by atoms with Crippen LogP contribution < -0.4 is 5.32 Å². The first-order valence-corrected chi connectivity index (χ1v) is 5.05. The molecular formula is C9H13F6N. The molecule has 0 aromatic heterocycles. The Kier molecular flexibility index (Phi) is 4.09. The second-order valence-electron chi connectivity index (χ2n) is 4.07. The van der Waals surface area contributed by atoms with Crippen molar-refractivity contribution in [1.82, 2.24) is 5.32 Å². The van der Waals surface area contributed by atoms with Crippen LogP contribution in [0.3, 0.4) is 0 Å². The largest absolute Gasteiger partial charge is 0.391 e. The minimum Gasteiger partial charge on any atom is -0.314 e. The first kappa shape index (κ1) is 13.6. The van der Waals surface area contributed by atoms with E-state index >= 15 is 0 Å². The van der Waals surface area contributed by atoms with E-state index in [1.54, 1.807) is 0 Å². The van der Waals surface area contributed by atoms with Gasteiger partial charge in [0, 0.05) is 12.5 Å². The Balaban J connectivity index is 2.39. The van der Waals surface area contributed by atoms with Gasteiger partial charge in [0.15, 0.2) is 0 Å². The zero-order chi connectivity index (χ0) is 12.4. The molecule has 1 heterocycles. The van der Waals surface area contributed by atoms with Gasteiger partial charge in [-0.3, -0.25) is 0 Å². The lowest BCUT2D eigenvalue weighted by atomic mass is 9.90. The predicted molar refractivity (Wildman–Crippen MR) is 45.9 cm³/mol. The number of hydrogen-bond acceptors (Lipinski definition) is 1. The molecule has 1 fully saturated rings. The second kappa shape index (κ2) is 4.81. The Morgan fingerprint density at radius 1 is 1.06 bits per heavy atom. The molecule has 16 heavy (non-hydrogen) atoms. The average molecular weight is 249 g/mol. The lowest BCUT2D eigenvalue weighted by Crippen LogP contribution is -2.43. The van der Waals surface area contributed by atoms with Crippen molar-refractivity contribution in [2.75, 3.05) is 6.54 Å². The van der Waals surface area contributed by atoms with Gasteiger partial charge in [0.1, 0.15) is 0 Å². The van der Waals surface area contributed by atoms with Crippen molar-refractivity contribution in [2.24, 2.45) is 5.92 Å². The van der Waals surface area contributed by atoms with Crippen LogP contribution in [0.5, 0.6) is 0 Å². The standard InChI is InChI=1S/C9H13F6N/c10-8(11,12)3-1-7-5-6(2-4-16-7)9(13,14)15/h6-7,16H,1-5H2. The molecule has 2 unspecified atom stereocenters. The van der Waals surface area contributed by atoms with Gasteiger partial charge in [-0.25, -0.2) is 0 Å². The van der Waals surface area contributed by atoms with Crippen molar-refractivity contribution in [2.45, 2.75) is 44.1 Å². The SMILES string of the molecule is FC(F)(F)CCC1CC(C(F)(F)F)CCN1. The highest BCUT2D eigenvalue weighted by Gasteiger charge is 2.42. The smallest absolute Gasteiger partial charge is 0.314 e. The van der Waals surface area contributed by atoms with E-state index in [1.807, 2.05) is 0 Å². The molecule has 0 aliphatic carbocycles. The molecule has 1 nitrogen and oxygen atoms in total. The van der Waals surface area contributed by atoms with E-state index < -0.39 is 30.7 Å². The van der Waals surface area contributed by atoms with Crippen LogP contribution in [0, 0.1) is 5.92 Å². The van der Waals surface area contributed by atoms with Crippen molar-refractivity contribution >= 4 is 0 Å². The summed E-state index contributed by atoms with van der Waals surface area (Å²) in [4.78, 5) is 0. The Labute approximate surface area is 89.2 Å². The van der Waals surface area contributed by atoms with Crippen molar-refractivity contribution < 1.29 is 26.3 Å². The second-order valence-corrected chi connectivity index (χ2v) is 4.07. The van der Waals surface area contributed by atoms with Crippen LogP contribution in [-0.4, -0.2) is 24.9 Å². The summed E-state index contributed by atoms with van der Waals surface area (Å²) < 4.78 is 72.7. The molecule has 0 saturated carbocycles. The van der Waals surface area contributed by atoms with Gasteiger partial charge in [-0.2, -0.15) is 26.3 Å². The van der Waals surface area contributed by atoms with Crippen LogP contribution >= 0.6 is 0 Å². The van der Waals surface area contributed by atoms with E-state index in [9.17, 15) is 26.3 Å². The third kappa shape index (κ3) is 4.59. The first-order chi connectivity index (χ1) is 7.18. The molecule has 7 heteroatoms. The van der Waals surface area contributed by atoms with Gasteiger partial charge in [0.25, 0.3) is 0 Å². The number of hydrogen-bond donors (Lipinski definition) is 1. The van der Waals surface area contributed by atoms with Crippen LogP contribution in [-0.2, 0) is 0 Å². The predicted octanol–water partition coefficient (Wildman–Crippen LogP) is 3.26. The Morgan fingerprint density at radius 2 is 1.69 bits per heavy atom. The summed E-state index contributed by atoms with van der Waals surface area (Å²) in [7, 11) is 0. The zero-order valence-electron chi connectivity index (χ0n) is 8.46. The minimum absolute atomic E-state index is 0.0496. The van der Waals surface area contributed by atoms with E-state index in [0.717, 1.165) is 0 Å². The molecule has 0 bridgehead atoms. The molecule has 0 aromatic rings. The number of rotatable bonds is 2. The van der Waals surface area contributed by atoms with E-state index in [-0.39, 0.29) is 25.8 Å². The number of nitrogens with one attached hydrogen (secondary N) is 1. The molecule has 1 saturated heterocycles. The van der Waals surface area contributed by atoms with Crippen LogP contribution in [0.4, 0.5) is 26.3 Å². The summed E-state index contributed by atoms with van der Waals surface area (Å²) in [5.41, 5.74) is 0. The molecule has 1 N–H and O–H groups in total. The van der Waals surface area contributed by atoms with Gasteiger partial charge in [-0.15, -0.1) is 0 Å². The summed E-state index contributed by atoms with van der Waals surface area (Å²) in [5.74, 6) is -1.47. The fraction of sp³-hybridized carbons (Fsp3) is 1.00. The van der Waals surface area contributed by atoms with Gasteiger partial charge in [-0.1, -0.05) is 0 Å². The molecule has 0 radical (unpaired) electrons. The average Bonchev–Trinajstić information content (AvgIpc) is 2.13. The summed E-state index contributed by atoms with van der Waals surface area (Å²) in [6, 6.07) is -0.679. The van der Waals surface area contributed by atoms with Gasteiger partial charge in [0.05, 0.1) is 5.92 Å². The first-order valence-electron chi connectivity index (χ1n) is 5.05. The molecule has 0 amide bonds. The zero-order valence-corrected chi connectivity index (χ0v) is 8.46. The quantitative estimate of drug-likeness (QED) is 0.741. The van der Waals surface area contributed by atoms with Crippen molar-refractivity contribution in [3.05, 3.63) is 0 Å². The third-order valence-corrected chi connectivity index (χ3v) is 2.73. The Bertz CT molecular complexity index is 221. The lowest BCUT2D eigenvalue weighted by Gasteiger charge is -2.31. The molecule has 0 spiro atoms. The van der Waals surface area contributed by atoms with Gasteiger partial charge >= 0.3 is 12.4 Å². The number of alkyl halides is 6. The van der Waals surface area contributed by atoms with Gasteiger partial charge in [-0.05, 0) is 25.8 Å². The molecule has 1 rings (SSSR count). The molecule has 96 valence electrons. The molecular weight excluding hydrogens is 236 g/mol. The molecule has 1 aliphatic rings. The maximum Gasteiger partial charge on any atom is 0.391 e.